The molecule has 5 heteroatoms. The monoisotopic (exact) mass is 282 g/mol. The first-order valence-corrected chi connectivity index (χ1v) is 7.98. The van der Waals surface area contributed by atoms with Gasteiger partial charge in [0.25, 0.3) is 0 Å². The smallest absolute Gasteiger partial charge is 0.185 e. The zero-order valence-corrected chi connectivity index (χ0v) is 13.4. The van der Waals surface area contributed by atoms with E-state index in [9.17, 15) is 0 Å². The molecule has 4 nitrogen and oxygen atoms in total. The van der Waals surface area contributed by atoms with Crippen LogP contribution in [-0.4, -0.2) is 50.7 Å². The second-order valence-corrected chi connectivity index (χ2v) is 6.61. The van der Waals surface area contributed by atoms with Gasteiger partial charge in [0, 0.05) is 31.6 Å². The van der Waals surface area contributed by atoms with Crippen LogP contribution >= 0.6 is 11.3 Å². The van der Waals surface area contributed by atoms with Crippen LogP contribution in [-0.2, 0) is 13.0 Å². The minimum atomic E-state index is 0.789. The number of anilines is 1. The highest BCUT2D eigenvalue weighted by molar-refractivity contribution is 7.15. The number of thiazole rings is 1. The molecule has 0 spiro atoms. The summed E-state index contributed by atoms with van der Waals surface area (Å²) in [5.74, 6) is 0.789. The van der Waals surface area contributed by atoms with Crippen LogP contribution in [0.1, 0.15) is 23.9 Å². The van der Waals surface area contributed by atoms with Crippen LogP contribution in [0, 0.1) is 5.92 Å². The van der Waals surface area contributed by atoms with Gasteiger partial charge in [-0.2, -0.15) is 0 Å². The lowest BCUT2D eigenvalue weighted by Gasteiger charge is -2.20. The number of aromatic nitrogens is 1. The second-order valence-electron chi connectivity index (χ2n) is 5.55. The fourth-order valence-electron chi connectivity index (χ4n) is 2.75. The lowest BCUT2D eigenvalue weighted by atomic mass is 10.1. The van der Waals surface area contributed by atoms with Crippen molar-refractivity contribution in [1.29, 1.82) is 0 Å². The van der Waals surface area contributed by atoms with Crippen molar-refractivity contribution in [3.05, 3.63) is 10.6 Å². The Labute approximate surface area is 120 Å². The van der Waals surface area contributed by atoms with Crippen LogP contribution in [0.4, 0.5) is 5.13 Å². The molecule has 0 aromatic carbocycles. The number of hydrogen-bond acceptors (Lipinski definition) is 5. The molecule has 0 bridgehead atoms. The van der Waals surface area contributed by atoms with Crippen molar-refractivity contribution in [2.45, 2.75) is 26.3 Å². The number of likely N-dealkylation sites (tertiary alicyclic amines) is 1. The van der Waals surface area contributed by atoms with Gasteiger partial charge in [-0.15, -0.1) is 11.3 Å². The third-order valence-corrected chi connectivity index (χ3v) is 5.00. The predicted molar refractivity (Wildman–Crippen MR) is 83.1 cm³/mol. The molecule has 1 atom stereocenters. The van der Waals surface area contributed by atoms with Crippen LogP contribution in [0.15, 0.2) is 0 Å². The molecule has 1 aliphatic heterocycles. The Morgan fingerprint density at radius 3 is 2.89 bits per heavy atom. The van der Waals surface area contributed by atoms with Gasteiger partial charge in [-0.05, 0) is 39.4 Å². The number of nitrogens with one attached hydrogen (secondary N) is 1. The molecule has 1 N–H and O–H groups in total. The van der Waals surface area contributed by atoms with E-state index >= 15 is 0 Å². The van der Waals surface area contributed by atoms with Crippen molar-refractivity contribution in [1.82, 2.24) is 15.2 Å². The Morgan fingerprint density at radius 1 is 1.53 bits per heavy atom. The highest BCUT2D eigenvalue weighted by Crippen LogP contribution is 2.27. The Bertz CT molecular complexity index is 404. The molecule has 1 aromatic heterocycles. The van der Waals surface area contributed by atoms with Crippen molar-refractivity contribution in [2.75, 3.05) is 45.7 Å². The van der Waals surface area contributed by atoms with Gasteiger partial charge in [0.1, 0.15) is 0 Å². The molecule has 0 amide bonds. The van der Waals surface area contributed by atoms with Gasteiger partial charge in [-0.1, -0.05) is 6.92 Å². The van der Waals surface area contributed by atoms with E-state index in [2.05, 4.69) is 36.1 Å². The van der Waals surface area contributed by atoms with E-state index in [1.165, 1.54) is 35.2 Å². The summed E-state index contributed by atoms with van der Waals surface area (Å²) in [6, 6.07) is 0. The fourth-order valence-corrected chi connectivity index (χ4v) is 3.88. The molecule has 1 aliphatic rings. The number of nitrogens with zero attached hydrogens (tertiary/aromatic N) is 3. The summed E-state index contributed by atoms with van der Waals surface area (Å²) in [6.07, 6.45) is 2.34. The van der Waals surface area contributed by atoms with Gasteiger partial charge < -0.3 is 15.1 Å². The minimum absolute atomic E-state index is 0.789. The maximum absolute atomic E-state index is 4.80. The van der Waals surface area contributed by atoms with E-state index in [0.717, 1.165) is 25.4 Å². The van der Waals surface area contributed by atoms with E-state index in [1.54, 1.807) is 0 Å². The maximum Gasteiger partial charge on any atom is 0.185 e. The number of aryl methyl sites for hydroxylation is 1. The largest absolute Gasteiger partial charge is 0.351 e. The van der Waals surface area contributed by atoms with Crippen LogP contribution in [0.25, 0.3) is 0 Å². The molecule has 2 rings (SSSR count). The molecule has 1 aromatic rings. The summed E-state index contributed by atoms with van der Waals surface area (Å²) >= 11 is 1.84. The molecule has 0 aliphatic carbocycles. The third-order valence-electron chi connectivity index (χ3n) is 3.79. The first-order chi connectivity index (χ1) is 9.13. The summed E-state index contributed by atoms with van der Waals surface area (Å²) in [7, 11) is 6.39. The lowest BCUT2D eigenvalue weighted by Crippen LogP contribution is -2.27. The van der Waals surface area contributed by atoms with Gasteiger partial charge in [0.2, 0.25) is 0 Å². The average molecular weight is 282 g/mol. The summed E-state index contributed by atoms with van der Waals surface area (Å²) in [5, 5.41) is 4.41. The summed E-state index contributed by atoms with van der Waals surface area (Å²) in [5.41, 5.74) is 1.25. The van der Waals surface area contributed by atoms with E-state index in [1.807, 2.05) is 18.4 Å². The van der Waals surface area contributed by atoms with Gasteiger partial charge in [0.15, 0.2) is 5.13 Å². The Hall–Kier alpha value is -0.650. The first-order valence-electron chi connectivity index (χ1n) is 7.16. The molecule has 1 fully saturated rings. The van der Waals surface area contributed by atoms with Crippen molar-refractivity contribution < 1.29 is 0 Å². The molecule has 1 unspecified atom stereocenters. The zero-order valence-electron chi connectivity index (χ0n) is 12.6. The van der Waals surface area contributed by atoms with E-state index in [0.29, 0.717) is 0 Å². The van der Waals surface area contributed by atoms with Crippen LogP contribution < -0.4 is 10.2 Å². The molecular formula is C14H26N4S. The average Bonchev–Trinajstić information content (AvgIpc) is 2.96. The van der Waals surface area contributed by atoms with Gasteiger partial charge >= 0.3 is 0 Å². The second kappa shape index (κ2) is 6.68. The van der Waals surface area contributed by atoms with Crippen molar-refractivity contribution in [3.8, 4) is 0 Å². The van der Waals surface area contributed by atoms with Gasteiger partial charge in [-0.25, -0.2) is 4.98 Å². The molecule has 0 radical (unpaired) electrons. The van der Waals surface area contributed by atoms with Crippen LogP contribution in [0.5, 0.6) is 0 Å². The van der Waals surface area contributed by atoms with Crippen LogP contribution in [0.2, 0.25) is 0 Å². The highest BCUT2D eigenvalue weighted by atomic mass is 32.1. The zero-order chi connectivity index (χ0) is 13.8. The summed E-state index contributed by atoms with van der Waals surface area (Å²) in [4.78, 5) is 10.9. The van der Waals surface area contributed by atoms with Crippen molar-refractivity contribution in [3.63, 3.8) is 0 Å². The predicted octanol–water partition coefficient (Wildman–Crippen LogP) is 1.81. The summed E-state index contributed by atoms with van der Waals surface area (Å²) < 4.78 is 0. The lowest BCUT2D eigenvalue weighted by molar-refractivity contribution is 0.396. The molecule has 108 valence electrons. The quantitative estimate of drug-likeness (QED) is 0.862. The first kappa shape index (κ1) is 14.8. The SMILES string of the molecule is CCc1nc(N(C)CC2CCN(C)C2)sc1CNC. The normalized spacial score (nSPS) is 20.1. The Morgan fingerprint density at radius 2 is 2.32 bits per heavy atom. The van der Waals surface area contributed by atoms with E-state index in [-0.39, 0.29) is 0 Å². The van der Waals surface area contributed by atoms with Crippen LogP contribution in [0.3, 0.4) is 0 Å². The van der Waals surface area contributed by atoms with Crippen molar-refractivity contribution in [2.24, 2.45) is 5.92 Å². The molecule has 19 heavy (non-hydrogen) atoms. The summed E-state index contributed by atoms with van der Waals surface area (Å²) in [6.45, 7) is 6.70. The number of hydrogen-bond donors (Lipinski definition) is 1. The topological polar surface area (TPSA) is 31.4 Å². The fraction of sp³-hybridized carbons (Fsp3) is 0.786. The standard InChI is InChI=1S/C14H26N4S/c1-5-12-13(8-15-2)19-14(16-12)18(4)10-11-6-7-17(3)9-11/h11,15H,5-10H2,1-4H3. The van der Waals surface area contributed by atoms with E-state index in [4.69, 9.17) is 4.98 Å². The minimum Gasteiger partial charge on any atom is -0.351 e. The third kappa shape index (κ3) is 3.68. The molecular weight excluding hydrogens is 256 g/mol. The molecule has 2 heterocycles. The molecule has 0 saturated carbocycles. The van der Waals surface area contributed by atoms with Crippen molar-refractivity contribution >= 4 is 16.5 Å². The van der Waals surface area contributed by atoms with E-state index < -0.39 is 0 Å². The molecule has 1 saturated heterocycles. The highest BCUT2D eigenvalue weighted by Gasteiger charge is 2.22. The number of rotatable bonds is 6. The maximum atomic E-state index is 4.80. The Balaban J connectivity index is 2.00. The van der Waals surface area contributed by atoms with Gasteiger partial charge in [0.05, 0.1) is 5.69 Å². The van der Waals surface area contributed by atoms with Gasteiger partial charge in [-0.3, -0.25) is 0 Å². The Kier molecular flexibility index (Phi) is 5.19.